The first-order chi connectivity index (χ1) is 8.73. The lowest BCUT2D eigenvalue weighted by molar-refractivity contribution is -0.137. The van der Waals surface area contributed by atoms with Crippen LogP contribution in [0, 0.1) is 5.92 Å². The zero-order chi connectivity index (χ0) is 14.3. The fourth-order valence-electron chi connectivity index (χ4n) is 3.04. The molecule has 0 aromatic rings. The number of rotatable bonds is 1. The lowest BCUT2D eigenvalue weighted by atomic mass is 9.85. The van der Waals surface area contributed by atoms with E-state index in [2.05, 4.69) is 0 Å². The molecule has 1 aliphatic heterocycles. The molecule has 2 aliphatic rings. The van der Waals surface area contributed by atoms with Crippen LogP contribution >= 0.6 is 0 Å². The van der Waals surface area contributed by atoms with Gasteiger partial charge in [-0.2, -0.15) is 0 Å². The lowest BCUT2D eigenvalue weighted by Gasteiger charge is -2.40. The standard InChI is InChI=1S/C13H24N2O3S/c1-13(2)9-15(6-7-19(13,17)18)12(16)10-4-3-5-11(14)8-10/h10-11H,3-9,14H2,1-2H3. The minimum absolute atomic E-state index is 0.0136. The highest BCUT2D eigenvalue weighted by atomic mass is 32.2. The summed E-state index contributed by atoms with van der Waals surface area (Å²) in [4.78, 5) is 14.2. The summed E-state index contributed by atoms with van der Waals surface area (Å²) in [6, 6.07) is 0.115. The number of nitrogens with zero attached hydrogens (tertiary/aromatic N) is 1. The third kappa shape index (κ3) is 2.94. The monoisotopic (exact) mass is 288 g/mol. The predicted molar refractivity (Wildman–Crippen MR) is 74.4 cm³/mol. The molecule has 1 aliphatic carbocycles. The van der Waals surface area contributed by atoms with E-state index in [4.69, 9.17) is 5.73 Å². The Kier molecular flexibility index (Phi) is 3.93. The highest BCUT2D eigenvalue weighted by Crippen LogP contribution is 2.29. The van der Waals surface area contributed by atoms with E-state index < -0.39 is 14.6 Å². The first-order valence-electron chi connectivity index (χ1n) is 6.99. The van der Waals surface area contributed by atoms with E-state index in [1.165, 1.54) is 0 Å². The number of hydrogen-bond donors (Lipinski definition) is 1. The van der Waals surface area contributed by atoms with Gasteiger partial charge in [0.1, 0.15) is 0 Å². The van der Waals surface area contributed by atoms with Crippen molar-refractivity contribution in [2.75, 3.05) is 18.8 Å². The molecule has 2 rings (SSSR count). The molecular weight excluding hydrogens is 264 g/mol. The molecular formula is C13H24N2O3S. The maximum Gasteiger partial charge on any atom is 0.225 e. The van der Waals surface area contributed by atoms with Crippen LogP contribution in [0.3, 0.4) is 0 Å². The average molecular weight is 288 g/mol. The number of hydrogen-bond acceptors (Lipinski definition) is 4. The largest absolute Gasteiger partial charge is 0.340 e. The Morgan fingerprint density at radius 1 is 1.32 bits per heavy atom. The molecule has 1 amide bonds. The van der Waals surface area contributed by atoms with Crippen LogP contribution in [0.5, 0.6) is 0 Å². The second-order valence-electron chi connectivity index (χ2n) is 6.46. The predicted octanol–water partition coefficient (Wildman–Crippen LogP) is 0.540. The summed E-state index contributed by atoms with van der Waals surface area (Å²) in [5.41, 5.74) is 5.92. The molecule has 2 fully saturated rings. The smallest absolute Gasteiger partial charge is 0.225 e. The van der Waals surface area contributed by atoms with Gasteiger partial charge < -0.3 is 10.6 Å². The van der Waals surface area contributed by atoms with Gasteiger partial charge in [-0.15, -0.1) is 0 Å². The van der Waals surface area contributed by atoms with Crippen molar-refractivity contribution in [3.63, 3.8) is 0 Å². The summed E-state index contributed by atoms with van der Waals surface area (Å²) < 4.78 is 23.0. The summed E-state index contributed by atoms with van der Waals surface area (Å²) in [6.45, 7) is 4.04. The van der Waals surface area contributed by atoms with Crippen molar-refractivity contribution in [2.24, 2.45) is 11.7 Å². The maximum atomic E-state index is 12.5. The summed E-state index contributed by atoms with van der Waals surface area (Å²) in [7, 11) is -3.09. The molecule has 0 bridgehead atoms. The van der Waals surface area contributed by atoms with Crippen LogP contribution < -0.4 is 5.73 Å². The molecule has 19 heavy (non-hydrogen) atoms. The number of nitrogens with two attached hydrogens (primary N) is 1. The van der Waals surface area contributed by atoms with E-state index >= 15 is 0 Å². The second-order valence-corrected chi connectivity index (χ2v) is 9.20. The third-order valence-electron chi connectivity index (χ3n) is 4.42. The van der Waals surface area contributed by atoms with Gasteiger partial charge in [-0.05, 0) is 33.1 Å². The van der Waals surface area contributed by atoms with Gasteiger partial charge >= 0.3 is 0 Å². The number of sulfone groups is 1. The lowest BCUT2D eigenvalue weighted by Crippen LogP contribution is -2.56. The SMILES string of the molecule is CC1(C)CN(C(=O)C2CCCC(N)C2)CCS1(=O)=O. The molecule has 0 aromatic heterocycles. The van der Waals surface area contributed by atoms with E-state index in [-0.39, 0.29) is 23.6 Å². The normalized spacial score (nSPS) is 33.9. The number of carbonyl (C=O) groups excluding carboxylic acids is 1. The average Bonchev–Trinajstić information content (AvgIpc) is 2.32. The van der Waals surface area contributed by atoms with Gasteiger partial charge in [0.25, 0.3) is 0 Å². The maximum absolute atomic E-state index is 12.5. The van der Waals surface area contributed by atoms with Crippen LogP contribution in [0.2, 0.25) is 0 Å². The zero-order valence-electron chi connectivity index (χ0n) is 11.8. The van der Waals surface area contributed by atoms with E-state index in [1.54, 1.807) is 18.7 Å². The van der Waals surface area contributed by atoms with Crippen LogP contribution in [-0.4, -0.2) is 48.9 Å². The second kappa shape index (κ2) is 5.05. The molecule has 6 heteroatoms. The third-order valence-corrected chi connectivity index (χ3v) is 6.95. The van der Waals surface area contributed by atoms with E-state index in [1.807, 2.05) is 0 Å². The van der Waals surface area contributed by atoms with Gasteiger partial charge in [-0.1, -0.05) is 6.42 Å². The summed E-state index contributed by atoms with van der Waals surface area (Å²) >= 11 is 0. The van der Waals surface area contributed by atoms with Crippen LogP contribution in [0.15, 0.2) is 0 Å². The molecule has 110 valence electrons. The highest BCUT2D eigenvalue weighted by molar-refractivity contribution is 7.92. The van der Waals surface area contributed by atoms with Crippen LogP contribution in [0.1, 0.15) is 39.5 Å². The Balaban J connectivity index is 2.05. The topological polar surface area (TPSA) is 80.5 Å². The molecule has 1 saturated heterocycles. The molecule has 5 nitrogen and oxygen atoms in total. The minimum Gasteiger partial charge on any atom is -0.340 e. The molecule has 1 heterocycles. The molecule has 0 aromatic carbocycles. The van der Waals surface area contributed by atoms with Crippen molar-refractivity contribution in [1.29, 1.82) is 0 Å². The summed E-state index contributed by atoms with van der Waals surface area (Å²) in [5.74, 6) is 0.156. The Bertz CT molecular complexity index is 459. The highest BCUT2D eigenvalue weighted by Gasteiger charge is 2.42. The molecule has 1 saturated carbocycles. The Labute approximate surface area is 115 Å². The van der Waals surface area contributed by atoms with Gasteiger partial charge in [0.2, 0.25) is 5.91 Å². The van der Waals surface area contributed by atoms with Crippen molar-refractivity contribution in [3.05, 3.63) is 0 Å². The van der Waals surface area contributed by atoms with Gasteiger partial charge in [-0.3, -0.25) is 4.79 Å². The van der Waals surface area contributed by atoms with Crippen LogP contribution in [-0.2, 0) is 14.6 Å². The first kappa shape index (κ1) is 14.8. The Morgan fingerprint density at radius 2 is 2.00 bits per heavy atom. The van der Waals surface area contributed by atoms with Gasteiger partial charge in [-0.25, -0.2) is 8.42 Å². The molecule has 2 N–H and O–H groups in total. The van der Waals surface area contributed by atoms with Crippen molar-refractivity contribution in [3.8, 4) is 0 Å². The van der Waals surface area contributed by atoms with Gasteiger partial charge in [0.05, 0.1) is 10.5 Å². The minimum atomic E-state index is -3.09. The number of amides is 1. The zero-order valence-corrected chi connectivity index (χ0v) is 12.6. The van der Waals surface area contributed by atoms with E-state index in [0.717, 1.165) is 25.7 Å². The van der Waals surface area contributed by atoms with Crippen molar-refractivity contribution >= 4 is 15.7 Å². The summed E-state index contributed by atoms with van der Waals surface area (Å²) in [5, 5.41) is 0. The van der Waals surface area contributed by atoms with E-state index in [0.29, 0.717) is 13.1 Å². The van der Waals surface area contributed by atoms with Crippen molar-refractivity contribution in [1.82, 2.24) is 4.90 Å². The fraction of sp³-hybridized carbons (Fsp3) is 0.923. The Hall–Kier alpha value is -0.620. The molecule has 2 atom stereocenters. The van der Waals surface area contributed by atoms with Gasteiger partial charge in [0, 0.05) is 25.0 Å². The fourth-order valence-corrected chi connectivity index (χ4v) is 4.41. The Morgan fingerprint density at radius 3 is 2.58 bits per heavy atom. The number of carbonyl (C=O) groups is 1. The summed E-state index contributed by atoms with van der Waals surface area (Å²) in [6.07, 6.45) is 3.61. The molecule has 0 spiro atoms. The molecule has 2 unspecified atom stereocenters. The molecule has 0 radical (unpaired) electrons. The van der Waals surface area contributed by atoms with Crippen LogP contribution in [0.25, 0.3) is 0 Å². The van der Waals surface area contributed by atoms with Crippen molar-refractivity contribution < 1.29 is 13.2 Å². The van der Waals surface area contributed by atoms with Gasteiger partial charge in [0.15, 0.2) is 9.84 Å². The first-order valence-corrected chi connectivity index (χ1v) is 8.65. The van der Waals surface area contributed by atoms with E-state index in [9.17, 15) is 13.2 Å². The van der Waals surface area contributed by atoms with Crippen molar-refractivity contribution in [2.45, 2.75) is 50.3 Å². The van der Waals surface area contributed by atoms with Crippen LogP contribution in [0.4, 0.5) is 0 Å². The quantitative estimate of drug-likeness (QED) is 0.763.